The minimum atomic E-state index is -0.880. The van der Waals surface area contributed by atoms with Crippen molar-refractivity contribution in [1.82, 2.24) is 15.0 Å². The van der Waals surface area contributed by atoms with E-state index in [-0.39, 0.29) is 6.61 Å². The van der Waals surface area contributed by atoms with E-state index in [9.17, 15) is 0 Å². The van der Waals surface area contributed by atoms with Gasteiger partial charge in [-0.1, -0.05) is 22.9 Å². The van der Waals surface area contributed by atoms with Gasteiger partial charge in [-0.15, -0.1) is 5.10 Å². The molecule has 1 N–H and O–H groups in total. The maximum Gasteiger partial charge on any atom is 0.121 e. The van der Waals surface area contributed by atoms with Gasteiger partial charge in [0.1, 0.15) is 5.03 Å². The van der Waals surface area contributed by atoms with Gasteiger partial charge in [0.2, 0.25) is 0 Å². The molecule has 0 aliphatic rings. The van der Waals surface area contributed by atoms with E-state index in [4.69, 9.17) is 16.7 Å². The quantitative estimate of drug-likeness (QED) is 0.942. The zero-order valence-corrected chi connectivity index (χ0v) is 12.2. The summed E-state index contributed by atoms with van der Waals surface area (Å²) in [6, 6.07) is 5.44. The Morgan fingerprint density at radius 3 is 2.56 bits per heavy atom. The summed E-state index contributed by atoms with van der Waals surface area (Å²) in [6.07, 6.45) is 8.44. The number of aliphatic hydroxyl groups is 1. The molecule has 1 heterocycles. The first-order valence-corrected chi connectivity index (χ1v) is 8.66. The van der Waals surface area contributed by atoms with Crippen LogP contribution in [0.2, 0.25) is 5.02 Å². The number of nitrogens with zero attached hydrogens (tertiary/aromatic N) is 3. The summed E-state index contributed by atoms with van der Waals surface area (Å²) >= 11 is 6.06. The summed E-state index contributed by atoms with van der Waals surface area (Å²) in [7, 11) is -0.880. The molecule has 0 saturated heterocycles. The van der Waals surface area contributed by atoms with Crippen LogP contribution in [0.1, 0.15) is 5.56 Å². The van der Waals surface area contributed by atoms with Gasteiger partial charge in [-0.25, -0.2) is 14.7 Å². The van der Waals surface area contributed by atoms with E-state index < -0.39 is 10.0 Å². The Bertz CT molecular complexity index is 563. The topological polar surface area (TPSA) is 50.9 Å². The van der Waals surface area contributed by atoms with Crippen molar-refractivity contribution in [3.63, 3.8) is 0 Å². The lowest BCUT2D eigenvalue weighted by atomic mass is 10.2. The molecule has 1 aromatic heterocycles. The predicted octanol–water partition coefficient (Wildman–Crippen LogP) is 2.47. The maximum absolute atomic E-state index is 9.07. The summed E-state index contributed by atoms with van der Waals surface area (Å²) in [5.74, 6) is 0. The molecule has 0 spiro atoms. The Morgan fingerprint density at radius 2 is 2.06 bits per heavy atom. The van der Waals surface area contributed by atoms with Gasteiger partial charge >= 0.3 is 0 Å². The van der Waals surface area contributed by atoms with Crippen LogP contribution >= 0.6 is 21.6 Å². The molecule has 0 unspecified atom stereocenters. The Labute approximate surface area is 113 Å². The highest BCUT2D eigenvalue weighted by molar-refractivity contribution is 8.32. The molecule has 2 rings (SSSR count). The normalized spacial score (nSPS) is 12.7. The summed E-state index contributed by atoms with van der Waals surface area (Å²) in [6.45, 7) is -0.0616. The number of halogens is 1. The third kappa shape index (κ3) is 2.68. The summed E-state index contributed by atoms with van der Waals surface area (Å²) in [5, 5.41) is 18.9. The van der Waals surface area contributed by atoms with Crippen LogP contribution in [0.5, 0.6) is 0 Å². The minimum Gasteiger partial charge on any atom is -0.392 e. The van der Waals surface area contributed by atoms with Crippen LogP contribution in [-0.2, 0) is 6.61 Å². The average molecular weight is 286 g/mol. The zero-order chi connectivity index (χ0) is 13.3. The lowest BCUT2D eigenvalue weighted by molar-refractivity contribution is 0.282. The van der Waals surface area contributed by atoms with E-state index in [0.29, 0.717) is 10.6 Å². The number of aliphatic hydroxyl groups excluding tert-OH is 1. The number of hydrogen-bond donors (Lipinski definition) is 1. The molecule has 0 aliphatic carbocycles. The number of rotatable bonds is 3. The van der Waals surface area contributed by atoms with Crippen LogP contribution in [-0.4, -0.2) is 38.9 Å². The fourth-order valence-electron chi connectivity index (χ4n) is 1.46. The van der Waals surface area contributed by atoms with Gasteiger partial charge < -0.3 is 5.11 Å². The van der Waals surface area contributed by atoms with Gasteiger partial charge in [0, 0.05) is 5.02 Å². The molecule has 4 nitrogen and oxygen atoms in total. The van der Waals surface area contributed by atoms with Crippen molar-refractivity contribution in [1.29, 1.82) is 0 Å². The van der Waals surface area contributed by atoms with Crippen LogP contribution in [0, 0.1) is 0 Å². The molecule has 2 aromatic rings. The lowest BCUT2D eigenvalue weighted by Crippen LogP contribution is -1.96. The molecule has 0 amide bonds. The smallest absolute Gasteiger partial charge is 0.121 e. The Hall–Kier alpha value is -1.04. The SMILES string of the molecule is CS(C)(C)c1cn(-c2ccc(CO)c(Cl)c2)nn1. The third-order valence-electron chi connectivity index (χ3n) is 2.57. The van der Waals surface area contributed by atoms with Crippen molar-refractivity contribution >= 4 is 21.6 Å². The monoisotopic (exact) mass is 285 g/mol. The van der Waals surface area contributed by atoms with Gasteiger partial charge in [0.05, 0.1) is 18.5 Å². The second-order valence-electron chi connectivity index (χ2n) is 4.77. The minimum absolute atomic E-state index is 0.0616. The summed E-state index contributed by atoms with van der Waals surface area (Å²) in [4.78, 5) is 0. The van der Waals surface area contributed by atoms with Crippen molar-refractivity contribution in [2.45, 2.75) is 11.6 Å². The maximum atomic E-state index is 9.07. The summed E-state index contributed by atoms with van der Waals surface area (Å²) < 4.78 is 1.71. The number of hydrogen-bond acceptors (Lipinski definition) is 3. The van der Waals surface area contributed by atoms with Crippen LogP contribution in [0.25, 0.3) is 5.69 Å². The zero-order valence-electron chi connectivity index (χ0n) is 10.6. The largest absolute Gasteiger partial charge is 0.392 e. The molecule has 0 fully saturated rings. The Kier molecular flexibility index (Phi) is 3.66. The van der Waals surface area contributed by atoms with Crippen molar-refractivity contribution in [2.75, 3.05) is 18.8 Å². The number of benzene rings is 1. The van der Waals surface area contributed by atoms with Crippen LogP contribution in [0.4, 0.5) is 0 Å². The van der Waals surface area contributed by atoms with E-state index in [1.807, 2.05) is 12.3 Å². The van der Waals surface area contributed by atoms with Gasteiger partial charge in [0.25, 0.3) is 0 Å². The van der Waals surface area contributed by atoms with Crippen LogP contribution in [0.15, 0.2) is 29.4 Å². The van der Waals surface area contributed by atoms with E-state index in [0.717, 1.165) is 10.7 Å². The van der Waals surface area contributed by atoms with E-state index in [1.54, 1.807) is 16.8 Å². The molecule has 0 bridgehead atoms. The van der Waals surface area contributed by atoms with Gasteiger partial charge in [-0.2, -0.15) is 0 Å². The first-order valence-electron chi connectivity index (χ1n) is 5.42. The molecule has 1 aromatic carbocycles. The van der Waals surface area contributed by atoms with Crippen molar-refractivity contribution < 1.29 is 5.11 Å². The third-order valence-corrected chi connectivity index (χ3v) is 4.37. The van der Waals surface area contributed by atoms with Crippen molar-refractivity contribution in [3.8, 4) is 5.69 Å². The first-order chi connectivity index (χ1) is 8.41. The van der Waals surface area contributed by atoms with Gasteiger partial charge in [-0.05, 0) is 36.5 Å². The highest BCUT2D eigenvalue weighted by Crippen LogP contribution is 2.43. The fraction of sp³-hybridized carbons (Fsp3) is 0.333. The lowest BCUT2D eigenvalue weighted by Gasteiger charge is -2.20. The van der Waals surface area contributed by atoms with E-state index >= 15 is 0 Å². The van der Waals surface area contributed by atoms with Crippen molar-refractivity contribution in [2.24, 2.45) is 0 Å². The molecular weight excluding hydrogens is 270 g/mol. The molecule has 0 atom stereocenters. The van der Waals surface area contributed by atoms with Gasteiger partial charge in [0.15, 0.2) is 0 Å². The van der Waals surface area contributed by atoms with Crippen molar-refractivity contribution in [3.05, 3.63) is 35.0 Å². The molecule has 0 saturated carbocycles. The molecule has 6 heteroatoms. The highest BCUT2D eigenvalue weighted by atomic mass is 35.5. The van der Waals surface area contributed by atoms with Gasteiger partial charge in [-0.3, -0.25) is 0 Å². The average Bonchev–Trinajstić information content (AvgIpc) is 2.77. The van der Waals surface area contributed by atoms with Crippen LogP contribution in [0.3, 0.4) is 0 Å². The van der Waals surface area contributed by atoms with E-state index in [2.05, 4.69) is 29.1 Å². The predicted molar refractivity (Wildman–Crippen MR) is 75.9 cm³/mol. The summed E-state index contributed by atoms with van der Waals surface area (Å²) in [5.41, 5.74) is 1.56. The molecule has 0 radical (unpaired) electrons. The second kappa shape index (κ2) is 4.91. The Morgan fingerprint density at radius 1 is 1.33 bits per heavy atom. The highest BCUT2D eigenvalue weighted by Gasteiger charge is 2.13. The molecule has 0 aliphatic heterocycles. The fourth-order valence-corrected chi connectivity index (χ4v) is 2.39. The molecule has 98 valence electrons. The molecular formula is C12H16ClN3OS. The number of aromatic nitrogens is 3. The van der Waals surface area contributed by atoms with E-state index in [1.165, 1.54) is 0 Å². The first kappa shape index (κ1) is 13.4. The Balaban J connectivity index is 2.38. The molecule has 18 heavy (non-hydrogen) atoms. The standard InChI is InChI=1S/C12H16ClN3OS/c1-18(2,3)12-7-16(15-14-12)10-5-4-9(8-17)11(13)6-10/h4-7,17H,8H2,1-3H3. The van der Waals surface area contributed by atoms with Crippen LogP contribution < -0.4 is 0 Å². The second-order valence-corrected chi connectivity index (χ2v) is 9.27.